The summed E-state index contributed by atoms with van der Waals surface area (Å²) in [6.07, 6.45) is 0. The highest BCUT2D eigenvalue weighted by Crippen LogP contribution is 2.24. The molecule has 0 N–H and O–H groups in total. The van der Waals surface area contributed by atoms with E-state index in [1.54, 1.807) is 0 Å². The molecule has 0 atom stereocenters. The van der Waals surface area contributed by atoms with Crippen LogP contribution < -0.4 is 4.90 Å². The van der Waals surface area contributed by atoms with Gasteiger partial charge in [-0.25, -0.2) is 0 Å². The molecule has 0 aliphatic carbocycles. The van der Waals surface area contributed by atoms with E-state index in [-0.39, 0.29) is 0 Å². The molecule has 0 amide bonds. The number of hydrogen-bond donors (Lipinski definition) is 0. The summed E-state index contributed by atoms with van der Waals surface area (Å²) in [7, 11) is 0. The van der Waals surface area contributed by atoms with E-state index in [0.717, 1.165) is 17.6 Å². The molecule has 65 valence electrons. The van der Waals surface area contributed by atoms with Gasteiger partial charge in [0.1, 0.15) is 0 Å². The molecule has 2 heteroatoms. The molecule has 1 radical (unpaired) electrons. The van der Waals surface area contributed by atoms with Gasteiger partial charge in [0.15, 0.2) is 0 Å². The van der Waals surface area contributed by atoms with Gasteiger partial charge in [0.05, 0.1) is 5.69 Å². The lowest BCUT2D eigenvalue weighted by Gasteiger charge is -2.21. The van der Waals surface area contributed by atoms with Crippen molar-refractivity contribution in [3.05, 3.63) is 28.7 Å². The number of rotatable bonds is 3. The minimum Gasteiger partial charge on any atom is -0.371 e. The average Bonchev–Trinajstić information content (AvgIpc) is 2.10. The molecule has 0 spiro atoms. The number of nitrogens with zero attached hydrogens (tertiary/aromatic N) is 1. The van der Waals surface area contributed by atoms with E-state index in [0.29, 0.717) is 0 Å². The second-order valence-electron chi connectivity index (χ2n) is 2.54. The normalized spacial score (nSPS) is 9.92. The van der Waals surface area contributed by atoms with Gasteiger partial charge >= 0.3 is 0 Å². The molecule has 1 rings (SSSR count). The van der Waals surface area contributed by atoms with Crippen LogP contribution >= 0.6 is 15.9 Å². The van der Waals surface area contributed by atoms with Gasteiger partial charge in [0, 0.05) is 17.6 Å². The Morgan fingerprint density at radius 2 is 2.08 bits per heavy atom. The first-order chi connectivity index (χ1) is 5.79. The monoisotopic (exact) mass is 226 g/mol. The molecular weight excluding hydrogens is 214 g/mol. The van der Waals surface area contributed by atoms with Crippen LogP contribution in [0, 0.1) is 6.07 Å². The zero-order valence-electron chi connectivity index (χ0n) is 7.47. The Morgan fingerprint density at radius 3 is 2.58 bits per heavy atom. The second-order valence-corrected chi connectivity index (χ2v) is 3.33. The zero-order chi connectivity index (χ0) is 8.97. The summed E-state index contributed by atoms with van der Waals surface area (Å²) in [4.78, 5) is 2.29. The number of halogens is 1. The minimum absolute atomic E-state index is 1.03. The van der Waals surface area contributed by atoms with Crippen LogP contribution in [0.2, 0.25) is 0 Å². The SMILES string of the molecule is CCN(CC)c1ccc[c]c1Br. The fourth-order valence-electron chi connectivity index (χ4n) is 1.22. The van der Waals surface area contributed by atoms with E-state index in [1.165, 1.54) is 5.69 Å². The van der Waals surface area contributed by atoms with Crippen LogP contribution in [-0.4, -0.2) is 13.1 Å². The quantitative estimate of drug-likeness (QED) is 0.766. The highest BCUT2D eigenvalue weighted by molar-refractivity contribution is 9.10. The Labute approximate surface area is 82.5 Å². The van der Waals surface area contributed by atoms with Gasteiger partial charge < -0.3 is 4.90 Å². The maximum atomic E-state index is 3.48. The lowest BCUT2D eigenvalue weighted by molar-refractivity contribution is 0.863. The Kier molecular flexibility index (Phi) is 3.60. The van der Waals surface area contributed by atoms with Crippen LogP contribution in [0.3, 0.4) is 0 Å². The maximum Gasteiger partial charge on any atom is 0.0516 e. The highest BCUT2D eigenvalue weighted by atomic mass is 79.9. The standard InChI is InChI=1S/C10H13BrN/c1-3-12(4-2)10-8-6-5-7-9(10)11/h5-6,8H,3-4H2,1-2H3. The molecule has 0 saturated carbocycles. The largest absolute Gasteiger partial charge is 0.371 e. The number of benzene rings is 1. The molecule has 0 unspecified atom stereocenters. The third-order valence-corrected chi connectivity index (χ3v) is 2.52. The van der Waals surface area contributed by atoms with Gasteiger partial charge in [-0.15, -0.1) is 0 Å². The van der Waals surface area contributed by atoms with E-state index in [2.05, 4.69) is 46.8 Å². The van der Waals surface area contributed by atoms with Crippen LogP contribution in [0.5, 0.6) is 0 Å². The summed E-state index contributed by atoms with van der Waals surface area (Å²) in [6.45, 7) is 6.38. The van der Waals surface area contributed by atoms with Crippen molar-refractivity contribution >= 4 is 21.6 Å². The summed E-state index contributed by atoms with van der Waals surface area (Å²) in [6, 6.07) is 9.15. The van der Waals surface area contributed by atoms with Crippen molar-refractivity contribution in [2.24, 2.45) is 0 Å². The van der Waals surface area contributed by atoms with Crippen molar-refractivity contribution in [2.45, 2.75) is 13.8 Å². The van der Waals surface area contributed by atoms with E-state index < -0.39 is 0 Å². The Balaban J connectivity index is 2.92. The molecule has 1 aromatic carbocycles. The van der Waals surface area contributed by atoms with Crippen LogP contribution in [-0.2, 0) is 0 Å². The van der Waals surface area contributed by atoms with E-state index >= 15 is 0 Å². The van der Waals surface area contributed by atoms with Crippen LogP contribution in [0.1, 0.15) is 13.8 Å². The molecule has 12 heavy (non-hydrogen) atoms. The van der Waals surface area contributed by atoms with Crippen molar-refractivity contribution < 1.29 is 0 Å². The summed E-state index contributed by atoms with van der Waals surface area (Å²) < 4.78 is 1.05. The van der Waals surface area contributed by atoms with Gasteiger partial charge in [0.2, 0.25) is 0 Å². The summed E-state index contributed by atoms with van der Waals surface area (Å²) >= 11 is 3.48. The van der Waals surface area contributed by atoms with Crippen molar-refractivity contribution in [3.8, 4) is 0 Å². The van der Waals surface area contributed by atoms with Crippen molar-refractivity contribution in [2.75, 3.05) is 18.0 Å². The Morgan fingerprint density at radius 1 is 1.42 bits per heavy atom. The topological polar surface area (TPSA) is 3.24 Å². The molecule has 1 nitrogen and oxygen atoms in total. The molecule has 1 aromatic rings. The first kappa shape index (κ1) is 9.59. The highest BCUT2D eigenvalue weighted by Gasteiger charge is 2.04. The predicted octanol–water partition coefficient (Wildman–Crippen LogP) is 3.10. The second kappa shape index (κ2) is 4.51. The molecule has 0 aliphatic heterocycles. The van der Waals surface area contributed by atoms with Gasteiger partial charge in [-0.05, 0) is 41.9 Å². The van der Waals surface area contributed by atoms with E-state index in [1.807, 2.05) is 12.1 Å². The Hall–Kier alpha value is -0.500. The predicted molar refractivity (Wildman–Crippen MR) is 56.5 cm³/mol. The molecule has 0 aliphatic rings. The summed E-state index contributed by atoms with van der Waals surface area (Å²) in [5.74, 6) is 0. The molecule has 0 fully saturated rings. The van der Waals surface area contributed by atoms with Crippen LogP contribution in [0.15, 0.2) is 22.7 Å². The van der Waals surface area contributed by atoms with E-state index in [4.69, 9.17) is 0 Å². The summed E-state index contributed by atoms with van der Waals surface area (Å²) in [5, 5.41) is 0. The van der Waals surface area contributed by atoms with Crippen LogP contribution in [0.4, 0.5) is 5.69 Å². The fraction of sp³-hybridized carbons (Fsp3) is 0.400. The third-order valence-electron chi connectivity index (χ3n) is 1.89. The number of hydrogen-bond acceptors (Lipinski definition) is 1. The summed E-state index contributed by atoms with van der Waals surface area (Å²) in [5.41, 5.74) is 1.22. The molecule has 0 heterocycles. The van der Waals surface area contributed by atoms with Gasteiger partial charge in [-0.2, -0.15) is 0 Å². The Bertz CT molecular complexity index is 243. The number of anilines is 1. The van der Waals surface area contributed by atoms with Crippen molar-refractivity contribution in [3.63, 3.8) is 0 Å². The zero-order valence-corrected chi connectivity index (χ0v) is 9.06. The van der Waals surface area contributed by atoms with Gasteiger partial charge in [-0.3, -0.25) is 0 Å². The minimum atomic E-state index is 1.03. The van der Waals surface area contributed by atoms with Crippen LogP contribution in [0.25, 0.3) is 0 Å². The van der Waals surface area contributed by atoms with E-state index in [9.17, 15) is 0 Å². The maximum absolute atomic E-state index is 3.48. The van der Waals surface area contributed by atoms with Gasteiger partial charge in [0.25, 0.3) is 0 Å². The third kappa shape index (κ3) is 2.01. The lowest BCUT2D eigenvalue weighted by Crippen LogP contribution is -2.22. The molecule has 0 aromatic heterocycles. The smallest absolute Gasteiger partial charge is 0.0516 e. The fourth-order valence-corrected chi connectivity index (χ4v) is 1.73. The molecular formula is C10H13BrN. The van der Waals surface area contributed by atoms with Gasteiger partial charge in [-0.1, -0.05) is 12.1 Å². The average molecular weight is 227 g/mol. The first-order valence-corrected chi connectivity index (χ1v) is 5.00. The lowest BCUT2D eigenvalue weighted by atomic mass is 10.3. The molecule has 0 saturated heterocycles. The first-order valence-electron chi connectivity index (χ1n) is 4.20. The van der Waals surface area contributed by atoms with Crippen molar-refractivity contribution in [1.82, 2.24) is 0 Å². The molecule has 0 bridgehead atoms. The van der Waals surface area contributed by atoms with Crippen molar-refractivity contribution in [1.29, 1.82) is 0 Å².